The minimum absolute atomic E-state index is 0.0162. The van der Waals surface area contributed by atoms with Crippen LogP contribution in [0.3, 0.4) is 0 Å². The van der Waals surface area contributed by atoms with Crippen molar-refractivity contribution in [2.75, 3.05) is 19.1 Å². The second kappa shape index (κ2) is 7.58. The Hall–Kier alpha value is -2.35. The predicted octanol–water partition coefficient (Wildman–Crippen LogP) is 2.99. The maximum absolute atomic E-state index is 12.2. The minimum atomic E-state index is -0.853. The summed E-state index contributed by atoms with van der Waals surface area (Å²) in [6.07, 6.45) is 4.40. The maximum atomic E-state index is 12.2. The van der Waals surface area contributed by atoms with Crippen molar-refractivity contribution in [3.8, 4) is 0 Å². The van der Waals surface area contributed by atoms with Gasteiger partial charge < -0.3 is 14.9 Å². The van der Waals surface area contributed by atoms with E-state index in [0.29, 0.717) is 5.56 Å². The number of hydrogen-bond donors (Lipinski definition) is 1. The van der Waals surface area contributed by atoms with Gasteiger partial charge in [-0.15, -0.1) is 0 Å². The molecule has 2 amide bonds. The monoisotopic (exact) mass is 390 g/mol. The van der Waals surface area contributed by atoms with E-state index < -0.39 is 11.6 Å². The van der Waals surface area contributed by atoms with Gasteiger partial charge in [-0.3, -0.25) is 9.63 Å². The van der Waals surface area contributed by atoms with Gasteiger partial charge in [0.15, 0.2) is 0 Å². The van der Waals surface area contributed by atoms with Crippen molar-refractivity contribution in [3.05, 3.63) is 23.9 Å². The van der Waals surface area contributed by atoms with E-state index in [1.807, 2.05) is 26.8 Å². The van der Waals surface area contributed by atoms with Crippen LogP contribution in [0.25, 0.3) is 0 Å². The molecule has 0 saturated carbocycles. The predicted molar refractivity (Wildman–Crippen MR) is 105 cm³/mol. The molecule has 3 atom stereocenters. The van der Waals surface area contributed by atoms with Gasteiger partial charge in [0.1, 0.15) is 5.82 Å². The van der Waals surface area contributed by atoms with Gasteiger partial charge in [-0.1, -0.05) is 0 Å². The van der Waals surface area contributed by atoms with E-state index >= 15 is 0 Å². The van der Waals surface area contributed by atoms with Crippen molar-refractivity contribution in [1.82, 2.24) is 14.9 Å². The molecule has 154 valence electrons. The number of aromatic nitrogens is 1. The molecule has 0 unspecified atom stereocenters. The van der Waals surface area contributed by atoms with E-state index in [-0.39, 0.29) is 24.0 Å². The van der Waals surface area contributed by atoms with Crippen molar-refractivity contribution >= 4 is 17.8 Å². The largest absolute Gasteiger partial charge is 0.465 e. The number of rotatable bonds is 4. The second-order valence-electron chi connectivity index (χ2n) is 8.63. The molecular weight excluding hydrogens is 360 g/mol. The highest BCUT2D eigenvalue weighted by Crippen LogP contribution is 2.41. The van der Waals surface area contributed by atoms with Crippen LogP contribution in [-0.2, 0) is 4.84 Å². The van der Waals surface area contributed by atoms with E-state index in [4.69, 9.17) is 4.84 Å². The molecule has 28 heavy (non-hydrogen) atoms. The van der Waals surface area contributed by atoms with E-state index in [1.54, 1.807) is 24.2 Å². The molecule has 2 saturated heterocycles. The molecule has 3 rings (SSSR count). The fourth-order valence-corrected chi connectivity index (χ4v) is 4.65. The molecule has 0 aliphatic carbocycles. The fourth-order valence-electron chi connectivity index (χ4n) is 4.65. The van der Waals surface area contributed by atoms with Gasteiger partial charge in [0, 0.05) is 36.9 Å². The van der Waals surface area contributed by atoms with Crippen LogP contribution < -0.4 is 4.90 Å². The summed E-state index contributed by atoms with van der Waals surface area (Å²) in [4.78, 5) is 37.4. The van der Waals surface area contributed by atoms with Gasteiger partial charge in [0.25, 0.3) is 5.91 Å². The second-order valence-corrected chi connectivity index (χ2v) is 8.63. The molecule has 8 nitrogen and oxygen atoms in total. The van der Waals surface area contributed by atoms with Gasteiger partial charge in [0.2, 0.25) is 0 Å². The number of carbonyl (C=O) groups excluding carboxylic acids is 1. The number of piperidine rings is 1. The van der Waals surface area contributed by atoms with E-state index in [0.717, 1.165) is 31.5 Å². The number of carbonyl (C=O) groups is 2. The van der Waals surface area contributed by atoms with Gasteiger partial charge in [-0.05, 0) is 58.6 Å². The van der Waals surface area contributed by atoms with Crippen molar-refractivity contribution in [2.45, 2.75) is 70.1 Å². The average Bonchev–Trinajstić information content (AvgIpc) is 2.89. The van der Waals surface area contributed by atoms with Crippen LogP contribution in [0.1, 0.15) is 56.8 Å². The maximum Gasteiger partial charge on any atom is 0.407 e. The standard InChI is InChI=1S/C20H30N4O4/c1-20(2,3)24(19(26)27)16-10-14-7-8-15(11-16)23(14)17-9-6-13(12-21-17)18(25)22(4)28-5/h6,9,12,14-16H,7-8,10-11H2,1-5H3,(H,26,27)/t14-,15+,16+. The summed E-state index contributed by atoms with van der Waals surface area (Å²) in [5.74, 6) is 0.603. The number of nitrogens with zero attached hydrogens (tertiary/aromatic N) is 4. The molecule has 1 aromatic rings. The van der Waals surface area contributed by atoms with Crippen LogP contribution >= 0.6 is 0 Å². The molecule has 2 aliphatic rings. The van der Waals surface area contributed by atoms with Crippen LogP contribution in [0.2, 0.25) is 0 Å². The highest BCUT2D eigenvalue weighted by atomic mass is 16.7. The molecule has 8 heteroatoms. The van der Waals surface area contributed by atoms with Crippen LogP contribution in [-0.4, -0.2) is 69.9 Å². The molecule has 0 aromatic carbocycles. The Balaban J connectivity index is 1.76. The molecule has 0 radical (unpaired) electrons. The summed E-state index contributed by atoms with van der Waals surface area (Å²) in [6.45, 7) is 5.84. The number of pyridine rings is 1. The van der Waals surface area contributed by atoms with Gasteiger partial charge in [-0.25, -0.2) is 14.8 Å². The summed E-state index contributed by atoms with van der Waals surface area (Å²) in [5, 5.41) is 10.9. The summed E-state index contributed by atoms with van der Waals surface area (Å²) in [5.41, 5.74) is 0.0475. The van der Waals surface area contributed by atoms with Crippen molar-refractivity contribution in [1.29, 1.82) is 0 Å². The summed E-state index contributed by atoms with van der Waals surface area (Å²) in [6, 6.07) is 4.20. The first-order valence-electron chi connectivity index (χ1n) is 9.72. The third-order valence-electron chi connectivity index (χ3n) is 5.82. The first-order chi connectivity index (χ1) is 13.1. The topological polar surface area (TPSA) is 86.2 Å². The SMILES string of the molecule is CON(C)C(=O)c1ccc(N2[C@@H]3CC[C@H]2C[C@@H](N(C(=O)O)C(C)(C)C)C3)nc1. The van der Waals surface area contributed by atoms with Gasteiger partial charge in [-0.2, -0.15) is 0 Å². The lowest BCUT2D eigenvalue weighted by Gasteiger charge is -2.47. The molecule has 1 N–H and O–H groups in total. The smallest absolute Gasteiger partial charge is 0.407 e. The number of carboxylic acid groups (broad SMARTS) is 1. The molecule has 2 fully saturated rings. The molecule has 0 spiro atoms. The highest BCUT2D eigenvalue weighted by Gasteiger charge is 2.46. The molecule has 1 aromatic heterocycles. The van der Waals surface area contributed by atoms with Crippen LogP contribution in [0, 0.1) is 0 Å². The van der Waals surface area contributed by atoms with E-state index in [2.05, 4.69) is 9.88 Å². The quantitative estimate of drug-likeness (QED) is 0.796. The molecule has 2 bridgehead atoms. The summed E-state index contributed by atoms with van der Waals surface area (Å²) >= 11 is 0. The van der Waals surface area contributed by atoms with Crippen molar-refractivity contribution < 1.29 is 19.5 Å². The minimum Gasteiger partial charge on any atom is -0.465 e. The van der Waals surface area contributed by atoms with Crippen LogP contribution in [0.15, 0.2) is 18.3 Å². The Kier molecular flexibility index (Phi) is 5.52. The Labute approximate surface area is 166 Å². The third-order valence-corrected chi connectivity index (χ3v) is 5.82. The first-order valence-corrected chi connectivity index (χ1v) is 9.72. The van der Waals surface area contributed by atoms with Crippen molar-refractivity contribution in [3.63, 3.8) is 0 Å². The zero-order valence-corrected chi connectivity index (χ0v) is 17.3. The number of anilines is 1. The Morgan fingerprint density at radius 1 is 1.21 bits per heavy atom. The van der Waals surface area contributed by atoms with Crippen LogP contribution in [0.5, 0.6) is 0 Å². The van der Waals surface area contributed by atoms with Gasteiger partial charge in [0.05, 0.1) is 12.7 Å². The normalized spacial score (nSPS) is 24.2. The Bertz CT molecular complexity index is 717. The number of hydroxylamine groups is 2. The molecular formula is C20H30N4O4. The number of hydrogen-bond acceptors (Lipinski definition) is 5. The lowest BCUT2D eigenvalue weighted by Crippen LogP contribution is -2.57. The zero-order valence-electron chi connectivity index (χ0n) is 17.3. The number of amides is 2. The van der Waals surface area contributed by atoms with E-state index in [1.165, 1.54) is 12.2 Å². The zero-order chi connectivity index (χ0) is 20.6. The van der Waals surface area contributed by atoms with Crippen molar-refractivity contribution in [2.24, 2.45) is 0 Å². The Morgan fingerprint density at radius 3 is 2.25 bits per heavy atom. The lowest BCUT2D eigenvalue weighted by atomic mass is 9.92. The summed E-state index contributed by atoms with van der Waals surface area (Å²) < 4.78 is 0. The van der Waals surface area contributed by atoms with Gasteiger partial charge >= 0.3 is 6.09 Å². The fraction of sp³-hybridized carbons (Fsp3) is 0.650. The average molecular weight is 390 g/mol. The number of fused-ring (bicyclic) bond motifs is 2. The summed E-state index contributed by atoms with van der Waals surface area (Å²) in [7, 11) is 3.00. The first kappa shape index (κ1) is 20.4. The third kappa shape index (κ3) is 3.78. The lowest BCUT2D eigenvalue weighted by molar-refractivity contribution is -0.0757. The molecule has 2 aliphatic heterocycles. The van der Waals surface area contributed by atoms with E-state index in [9.17, 15) is 14.7 Å². The Morgan fingerprint density at radius 2 is 1.82 bits per heavy atom. The highest BCUT2D eigenvalue weighted by molar-refractivity contribution is 5.93. The molecule has 3 heterocycles. The van der Waals surface area contributed by atoms with Crippen LogP contribution in [0.4, 0.5) is 10.6 Å².